The van der Waals surface area contributed by atoms with Gasteiger partial charge in [0.05, 0.1) is 13.7 Å². The summed E-state index contributed by atoms with van der Waals surface area (Å²) in [7, 11) is 1.63. The van der Waals surface area contributed by atoms with Crippen molar-refractivity contribution in [1.82, 2.24) is 5.32 Å². The lowest BCUT2D eigenvalue weighted by molar-refractivity contribution is -0.128. The molecule has 1 aromatic rings. The molecule has 25 heavy (non-hydrogen) atoms. The summed E-state index contributed by atoms with van der Waals surface area (Å²) in [6, 6.07) is 6.09. The Morgan fingerprint density at radius 2 is 1.96 bits per heavy atom. The van der Waals surface area contributed by atoms with Gasteiger partial charge in [-0.1, -0.05) is 12.5 Å². The number of rotatable bonds is 6. The first kappa shape index (κ1) is 18.1. The van der Waals surface area contributed by atoms with Crippen LogP contribution in [0.4, 0.5) is 0 Å². The number of nitrogens with one attached hydrogen (secondary N) is 1. The molecule has 0 saturated heterocycles. The third-order valence-electron chi connectivity index (χ3n) is 5.78. The van der Waals surface area contributed by atoms with Crippen LogP contribution in [0, 0.1) is 17.8 Å². The number of carbonyl (C=O) groups excluding carboxylic acids is 1. The van der Waals surface area contributed by atoms with Crippen molar-refractivity contribution in [3.05, 3.63) is 23.8 Å². The summed E-state index contributed by atoms with van der Waals surface area (Å²) in [5.74, 6) is 2.75. The second-order valence-electron chi connectivity index (χ2n) is 7.33. The predicted molar refractivity (Wildman–Crippen MR) is 97.5 cm³/mol. The number of amides is 1. The second-order valence-corrected chi connectivity index (χ2v) is 7.33. The first-order valence-corrected chi connectivity index (χ1v) is 9.45. The van der Waals surface area contributed by atoms with E-state index in [1.54, 1.807) is 7.11 Å². The predicted octanol–water partition coefficient (Wildman–Crippen LogP) is 2.86. The van der Waals surface area contributed by atoms with E-state index in [1.807, 2.05) is 25.1 Å². The van der Waals surface area contributed by atoms with Gasteiger partial charge in [-0.3, -0.25) is 4.79 Å². The molecule has 3 N–H and O–H groups in total. The van der Waals surface area contributed by atoms with Crippen molar-refractivity contribution in [3.8, 4) is 11.5 Å². The largest absolute Gasteiger partial charge is 0.493 e. The van der Waals surface area contributed by atoms with Crippen molar-refractivity contribution >= 4 is 5.91 Å². The van der Waals surface area contributed by atoms with Crippen LogP contribution in [0.5, 0.6) is 11.5 Å². The molecule has 2 atom stereocenters. The molecule has 138 valence electrons. The third-order valence-corrected chi connectivity index (χ3v) is 5.78. The first-order chi connectivity index (χ1) is 12.1. The lowest BCUT2D eigenvalue weighted by atomic mass is 9.65. The van der Waals surface area contributed by atoms with E-state index in [4.69, 9.17) is 15.2 Å². The summed E-state index contributed by atoms with van der Waals surface area (Å²) in [4.78, 5) is 12.6. The molecule has 1 aromatic carbocycles. The van der Waals surface area contributed by atoms with Crippen LogP contribution in [0.1, 0.15) is 44.6 Å². The Balaban J connectivity index is 1.57. The summed E-state index contributed by atoms with van der Waals surface area (Å²) in [5, 5.41) is 3.10. The molecule has 2 saturated carbocycles. The van der Waals surface area contributed by atoms with Crippen LogP contribution < -0.4 is 20.5 Å². The average Bonchev–Trinajstić information content (AvgIpc) is 2.60. The van der Waals surface area contributed by atoms with Crippen LogP contribution >= 0.6 is 0 Å². The van der Waals surface area contributed by atoms with E-state index in [0.717, 1.165) is 24.2 Å². The zero-order valence-corrected chi connectivity index (χ0v) is 15.3. The first-order valence-electron chi connectivity index (χ1n) is 9.45. The molecule has 2 fully saturated rings. The van der Waals surface area contributed by atoms with Gasteiger partial charge < -0.3 is 20.5 Å². The fraction of sp³-hybridized carbons (Fsp3) is 0.650. The van der Waals surface area contributed by atoms with Crippen LogP contribution in [-0.2, 0) is 11.3 Å². The topological polar surface area (TPSA) is 73.6 Å². The summed E-state index contributed by atoms with van der Waals surface area (Å²) in [5.41, 5.74) is 7.34. The maximum absolute atomic E-state index is 12.6. The molecule has 0 spiro atoms. The molecular formula is C20H30N2O3. The van der Waals surface area contributed by atoms with Gasteiger partial charge >= 0.3 is 0 Å². The zero-order chi connectivity index (χ0) is 17.8. The number of carbonyl (C=O) groups is 1. The Morgan fingerprint density at radius 3 is 2.60 bits per heavy atom. The van der Waals surface area contributed by atoms with E-state index in [9.17, 15) is 4.79 Å². The average molecular weight is 346 g/mol. The molecule has 5 nitrogen and oxygen atoms in total. The van der Waals surface area contributed by atoms with E-state index < -0.39 is 0 Å². The number of hydrogen-bond acceptors (Lipinski definition) is 4. The molecule has 0 radical (unpaired) electrons. The number of hydrogen-bond donors (Lipinski definition) is 2. The summed E-state index contributed by atoms with van der Waals surface area (Å²) in [6.07, 6.45) is 5.50. The molecular weight excluding hydrogens is 316 g/mol. The van der Waals surface area contributed by atoms with Crippen LogP contribution in [-0.4, -0.2) is 25.7 Å². The van der Waals surface area contributed by atoms with Crippen LogP contribution in [0.25, 0.3) is 0 Å². The van der Waals surface area contributed by atoms with E-state index >= 15 is 0 Å². The van der Waals surface area contributed by atoms with Gasteiger partial charge in [-0.25, -0.2) is 0 Å². The highest BCUT2D eigenvalue weighted by atomic mass is 16.5. The highest BCUT2D eigenvalue weighted by Gasteiger charge is 2.40. The Labute approximate surface area is 150 Å². The number of fused-ring (bicyclic) bond motifs is 2. The monoisotopic (exact) mass is 346 g/mol. The molecule has 5 heteroatoms. The highest BCUT2D eigenvalue weighted by Crippen LogP contribution is 2.41. The highest BCUT2D eigenvalue weighted by molar-refractivity contribution is 5.78. The summed E-state index contributed by atoms with van der Waals surface area (Å²) in [6.45, 7) is 3.05. The van der Waals surface area contributed by atoms with Gasteiger partial charge in [-0.15, -0.1) is 0 Å². The Kier molecular flexibility index (Phi) is 5.84. The number of ether oxygens (including phenoxy) is 2. The van der Waals surface area contributed by atoms with Gasteiger partial charge in [0.25, 0.3) is 0 Å². The van der Waals surface area contributed by atoms with Crippen LogP contribution in [0.3, 0.4) is 0 Å². The number of methoxy groups -OCH3 is 1. The molecule has 0 aliphatic heterocycles. The lowest BCUT2D eigenvalue weighted by Crippen LogP contribution is -2.49. The van der Waals surface area contributed by atoms with Crippen molar-refractivity contribution in [2.45, 2.75) is 51.6 Å². The van der Waals surface area contributed by atoms with Crippen molar-refractivity contribution in [1.29, 1.82) is 0 Å². The fourth-order valence-electron chi connectivity index (χ4n) is 4.43. The minimum Gasteiger partial charge on any atom is -0.493 e. The Morgan fingerprint density at radius 1 is 1.24 bits per heavy atom. The molecule has 2 unspecified atom stereocenters. The standard InChI is InChI=1S/C20H30N2O3/c1-3-25-17-8-7-13(9-18(17)24-2)12-22-20(23)16-10-14-5-4-6-15(11-16)19(14)21/h7-9,14-16,19H,3-6,10-12,21H2,1-2H3,(H,22,23). The Hall–Kier alpha value is -1.75. The molecule has 2 bridgehead atoms. The van der Waals surface area contributed by atoms with E-state index in [0.29, 0.717) is 36.8 Å². The molecule has 1 amide bonds. The van der Waals surface area contributed by atoms with Gasteiger partial charge in [0.2, 0.25) is 5.91 Å². The minimum atomic E-state index is 0.111. The van der Waals surface area contributed by atoms with Gasteiger partial charge in [0, 0.05) is 18.5 Å². The van der Waals surface area contributed by atoms with E-state index in [1.165, 1.54) is 19.3 Å². The normalized spacial score (nSPS) is 28.3. The maximum Gasteiger partial charge on any atom is 0.223 e. The second kappa shape index (κ2) is 8.09. The SMILES string of the molecule is CCOc1ccc(CNC(=O)C2CC3CCCC(C2)C3N)cc1OC. The molecule has 2 aliphatic rings. The zero-order valence-electron chi connectivity index (χ0n) is 15.3. The lowest BCUT2D eigenvalue weighted by Gasteiger charge is -2.43. The molecule has 3 rings (SSSR count). The van der Waals surface area contributed by atoms with Crippen molar-refractivity contribution < 1.29 is 14.3 Å². The fourth-order valence-corrected chi connectivity index (χ4v) is 4.43. The van der Waals surface area contributed by atoms with Crippen molar-refractivity contribution in [2.75, 3.05) is 13.7 Å². The van der Waals surface area contributed by atoms with Crippen molar-refractivity contribution in [2.24, 2.45) is 23.5 Å². The van der Waals surface area contributed by atoms with Crippen LogP contribution in [0.2, 0.25) is 0 Å². The van der Waals surface area contributed by atoms with Gasteiger partial charge in [-0.2, -0.15) is 0 Å². The molecule has 0 heterocycles. The minimum absolute atomic E-state index is 0.111. The van der Waals surface area contributed by atoms with E-state index in [-0.39, 0.29) is 11.8 Å². The summed E-state index contributed by atoms with van der Waals surface area (Å²) < 4.78 is 10.9. The van der Waals surface area contributed by atoms with Crippen LogP contribution in [0.15, 0.2) is 18.2 Å². The quantitative estimate of drug-likeness (QED) is 0.831. The van der Waals surface area contributed by atoms with Gasteiger partial charge in [0.15, 0.2) is 11.5 Å². The van der Waals surface area contributed by atoms with Gasteiger partial charge in [0.1, 0.15) is 0 Å². The molecule has 2 aliphatic carbocycles. The Bertz CT molecular complexity index is 591. The van der Waals surface area contributed by atoms with Gasteiger partial charge in [-0.05, 0) is 62.1 Å². The smallest absolute Gasteiger partial charge is 0.223 e. The maximum atomic E-state index is 12.6. The number of nitrogens with two attached hydrogens (primary N) is 1. The van der Waals surface area contributed by atoms with Crippen molar-refractivity contribution in [3.63, 3.8) is 0 Å². The number of benzene rings is 1. The summed E-state index contributed by atoms with van der Waals surface area (Å²) >= 11 is 0. The third kappa shape index (κ3) is 4.09. The van der Waals surface area contributed by atoms with E-state index in [2.05, 4.69) is 5.32 Å². The molecule has 0 aromatic heterocycles.